The van der Waals surface area contributed by atoms with Crippen molar-refractivity contribution in [2.75, 3.05) is 0 Å². The Morgan fingerprint density at radius 1 is 1.35 bits per heavy atom. The molecule has 7 heteroatoms. The summed E-state index contributed by atoms with van der Waals surface area (Å²) >= 11 is 5.14. The SMILES string of the molecule is Cc1ccc(-n2c(C3CC3)n[nH]c2=S)cc1C(F)(F)F. The van der Waals surface area contributed by atoms with Gasteiger partial charge in [-0.15, -0.1) is 0 Å². The number of H-pyrrole nitrogens is 1. The van der Waals surface area contributed by atoms with Crippen molar-refractivity contribution in [1.29, 1.82) is 0 Å². The monoisotopic (exact) mass is 299 g/mol. The van der Waals surface area contributed by atoms with Crippen LogP contribution in [0.2, 0.25) is 0 Å². The number of aryl methyl sites for hydroxylation is 1. The van der Waals surface area contributed by atoms with Gasteiger partial charge in [0.1, 0.15) is 5.82 Å². The molecule has 3 rings (SSSR count). The Kier molecular flexibility index (Phi) is 2.97. The minimum atomic E-state index is -4.37. The van der Waals surface area contributed by atoms with Gasteiger partial charge in [-0.25, -0.2) is 0 Å². The molecule has 1 aliphatic carbocycles. The second-order valence-electron chi connectivity index (χ2n) is 4.99. The lowest BCUT2D eigenvalue weighted by Gasteiger charge is -2.13. The average molecular weight is 299 g/mol. The average Bonchev–Trinajstić information content (AvgIpc) is 3.13. The molecule has 1 aromatic carbocycles. The van der Waals surface area contributed by atoms with Crippen LogP contribution in [0.15, 0.2) is 18.2 Å². The van der Waals surface area contributed by atoms with Gasteiger partial charge in [0.25, 0.3) is 0 Å². The van der Waals surface area contributed by atoms with E-state index >= 15 is 0 Å². The molecule has 1 fully saturated rings. The molecule has 0 radical (unpaired) electrons. The summed E-state index contributed by atoms with van der Waals surface area (Å²) in [7, 11) is 0. The number of hydrogen-bond acceptors (Lipinski definition) is 2. The van der Waals surface area contributed by atoms with Crippen LogP contribution < -0.4 is 0 Å². The number of alkyl halides is 3. The van der Waals surface area contributed by atoms with Crippen molar-refractivity contribution in [2.45, 2.75) is 31.9 Å². The maximum absolute atomic E-state index is 13.0. The van der Waals surface area contributed by atoms with E-state index < -0.39 is 11.7 Å². The lowest BCUT2D eigenvalue weighted by atomic mass is 10.1. The zero-order valence-electron chi connectivity index (χ0n) is 10.7. The highest BCUT2D eigenvalue weighted by Gasteiger charge is 2.34. The van der Waals surface area contributed by atoms with E-state index in [-0.39, 0.29) is 5.56 Å². The Morgan fingerprint density at radius 3 is 2.65 bits per heavy atom. The molecule has 1 saturated carbocycles. The predicted octanol–water partition coefficient (Wildman–Crippen LogP) is 4.13. The normalized spacial score (nSPS) is 15.6. The third-order valence-corrected chi connectivity index (χ3v) is 3.70. The van der Waals surface area contributed by atoms with Crippen LogP contribution in [0.5, 0.6) is 0 Å². The standard InChI is InChI=1S/C13H12F3N3S/c1-7-2-5-9(6-10(7)13(14,15)16)19-11(8-3-4-8)17-18-12(19)20/h2,5-6,8H,3-4H2,1H3,(H,18,20). The van der Waals surface area contributed by atoms with Crippen LogP contribution in [-0.2, 0) is 6.18 Å². The third kappa shape index (κ3) is 2.26. The fourth-order valence-electron chi connectivity index (χ4n) is 2.23. The van der Waals surface area contributed by atoms with Crippen molar-refractivity contribution in [3.8, 4) is 5.69 Å². The maximum Gasteiger partial charge on any atom is 0.416 e. The van der Waals surface area contributed by atoms with Crippen LogP contribution in [-0.4, -0.2) is 14.8 Å². The minimum Gasteiger partial charge on any atom is -0.272 e. The van der Waals surface area contributed by atoms with Crippen molar-refractivity contribution >= 4 is 12.2 Å². The van der Waals surface area contributed by atoms with E-state index in [4.69, 9.17) is 12.2 Å². The quantitative estimate of drug-likeness (QED) is 0.846. The molecular formula is C13H12F3N3S. The van der Waals surface area contributed by atoms with Crippen molar-refractivity contribution in [2.24, 2.45) is 0 Å². The molecule has 0 aliphatic heterocycles. The summed E-state index contributed by atoms with van der Waals surface area (Å²) in [6.45, 7) is 1.45. The summed E-state index contributed by atoms with van der Waals surface area (Å²) in [4.78, 5) is 0. The third-order valence-electron chi connectivity index (χ3n) is 3.43. The van der Waals surface area contributed by atoms with E-state index in [0.29, 0.717) is 22.2 Å². The molecule has 1 aromatic heterocycles. The fraction of sp³-hybridized carbons (Fsp3) is 0.385. The zero-order valence-corrected chi connectivity index (χ0v) is 11.5. The van der Waals surface area contributed by atoms with Crippen LogP contribution in [0, 0.1) is 11.7 Å². The first-order chi connectivity index (χ1) is 9.38. The number of benzene rings is 1. The van der Waals surface area contributed by atoms with Gasteiger partial charge in [0.2, 0.25) is 0 Å². The van der Waals surface area contributed by atoms with Gasteiger partial charge in [0.05, 0.1) is 11.3 Å². The van der Waals surface area contributed by atoms with E-state index in [1.807, 2.05) is 0 Å². The molecule has 2 aromatic rings. The number of halogens is 3. The predicted molar refractivity (Wildman–Crippen MR) is 70.5 cm³/mol. The van der Waals surface area contributed by atoms with E-state index in [2.05, 4.69) is 10.2 Å². The van der Waals surface area contributed by atoms with Gasteiger partial charge in [0.15, 0.2) is 4.77 Å². The fourth-order valence-corrected chi connectivity index (χ4v) is 2.47. The first kappa shape index (κ1) is 13.4. The van der Waals surface area contributed by atoms with E-state index in [0.717, 1.165) is 18.9 Å². The number of aromatic amines is 1. The molecule has 0 bridgehead atoms. The first-order valence-electron chi connectivity index (χ1n) is 6.23. The second-order valence-corrected chi connectivity index (χ2v) is 5.38. The van der Waals surface area contributed by atoms with Crippen LogP contribution in [0.25, 0.3) is 5.69 Å². The number of aromatic nitrogens is 3. The van der Waals surface area contributed by atoms with Crippen LogP contribution in [0.1, 0.15) is 35.7 Å². The van der Waals surface area contributed by atoms with Crippen LogP contribution >= 0.6 is 12.2 Å². The van der Waals surface area contributed by atoms with Gasteiger partial charge in [-0.3, -0.25) is 9.67 Å². The van der Waals surface area contributed by atoms with Crippen molar-refractivity contribution in [3.63, 3.8) is 0 Å². The summed E-state index contributed by atoms with van der Waals surface area (Å²) in [5.74, 6) is 1.01. The van der Waals surface area contributed by atoms with Crippen molar-refractivity contribution < 1.29 is 13.2 Å². The van der Waals surface area contributed by atoms with E-state index in [9.17, 15) is 13.2 Å². The van der Waals surface area contributed by atoms with E-state index in [1.54, 1.807) is 10.6 Å². The molecule has 0 saturated heterocycles. The molecule has 1 aliphatic rings. The lowest BCUT2D eigenvalue weighted by Crippen LogP contribution is -2.09. The van der Waals surface area contributed by atoms with Gasteiger partial charge in [-0.1, -0.05) is 6.07 Å². The molecule has 0 atom stereocenters. The van der Waals surface area contributed by atoms with Gasteiger partial charge in [0, 0.05) is 5.92 Å². The molecular weight excluding hydrogens is 287 g/mol. The summed E-state index contributed by atoms with van der Waals surface area (Å²) < 4.78 is 40.9. The maximum atomic E-state index is 13.0. The topological polar surface area (TPSA) is 33.6 Å². The first-order valence-corrected chi connectivity index (χ1v) is 6.64. The number of nitrogens with one attached hydrogen (secondary N) is 1. The molecule has 20 heavy (non-hydrogen) atoms. The van der Waals surface area contributed by atoms with Crippen molar-refractivity contribution in [1.82, 2.24) is 14.8 Å². The molecule has 0 spiro atoms. The molecule has 3 nitrogen and oxygen atoms in total. The molecule has 1 N–H and O–H groups in total. The minimum absolute atomic E-state index is 0.198. The van der Waals surface area contributed by atoms with Crippen LogP contribution in [0.3, 0.4) is 0 Å². The number of nitrogens with zero attached hydrogens (tertiary/aromatic N) is 2. The number of hydrogen-bond donors (Lipinski definition) is 1. The van der Waals surface area contributed by atoms with Gasteiger partial charge in [-0.05, 0) is 49.7 Å². The Hall–Kier alpha value is -1.63. The summed E-state index contributed by atoms with van der Waals surface area (Å²) in [6, 6.07) is 4.23. The highest BCUT2D eigenvalue weighted by atomic mass is 32.1. The molecule has 1 heterocycles. The Morgan fingerprint density at radius 2 is 2.05 bits per heavy atom. The number of rotatable bonds is 2. The van der Waals surface area contributed by atoms with Gasteiger partial charge in [-0.2, -0.15) is 18.3 Å². The summed E-state index contributed by atoms with van der Waals surface area (Å²) in [5, 5.41) is 6.80. The Labute approximate surface area is 118 Å². The van der Waals surface area contributed by atoms with Gasteiger partial charge >= 0.3 is 6.18 Å². The Balaban J connectivity index is 2.16. The Bertz CT molecular complexity index is 710. The summed E-state index contributed by atoms with van der Waals surface area (Å²) in [6.07, 6.45) is -2.37. The van der Waals surface area contributed by atoms with E-state index in [1.165, 1.54) is 13.0 Å². The second kappa shape index (κ2) is 4.44. The van der Waals surface area contributed by atoms with Gasteiger partial charge < -0.3 is 0 Å². The molecule has 0 amide bonds. The summed E-state index contributed by atoms with van der Waals surface area (Å²) in [5.41, 5.74) is -0.0346. The highest BCUT2D eigenvalue weighted by Crippen LogP contribution is 2.40. The highest BCUT2D eigenvalue weighted by molar-refractivity contribution is 7.71. The molecule has 0 unspecified atom stereocenters. The largest absolute Gasteiger partial charge is 0.416 e. The zero-order chi connectivity index (χ0) is 14.5. The smallest absolute Gasteiger partial charge is 0.272 e. The van der Waals surface area contributed by atoms with Crippen molar-refractivity contribution in [3.05, 3.63) is 39.9 Å². The van der Waals surface area contributed by atoms with Crippen LogP contribution in [0.4, 0.5) is 13.2 Å². The molecule has 106 valence electrons. The lowest BCUT2D eigenvalue weighted by molar-refractivity contribution is -0.138.